The first-order valence-electron chi connectivity index (χ1n) is 28.3. The van der Waals surface area contributed by atoms with Gasteiger partial charge in [0.15, 0.2) is 22.6 Å². The lowest BCUT2D eigenvalue weighted by Crippen LogP contribution is -2.53. The number of rotatable bonds is 35. The van der Waals surface area contributed by atoms with Gasteiger partial charge in [0, 0.05) is 55.2 Å². The van der Waals surface area contributed by atoms with Crippen LogP contribution in [0.2, 0.25) is 0 Å². The van der Waals surface area contributed by atoms with E-state index >= 15 is 0 Å². The van der Waals surface area contributed by atoms with Crippen LogP contribution in [0.25, 0.3) is 22.2 Å². The molecule has 7 amide bonds. The Labute approximate surface area is 535 Å². The van der Waals surface area contributed by atoms with Crippen molar-refractivity contribution < 1.29 is 80.4 Å². The second-order valence-electron chi connectivity index (χ2n) is 19.7. The quantitative estimate of drug-likeness (QED) is 0.00619. The van der Waals surface area contributed by atoms with E-state index in [1.54, 1.807) is 17.6 Å². The monoisotopic (exact) mass is 1370 g/mol. The Morgan fingerprint density at radius 3 is 2.09 bits per heavy atom. The zero-order valence-corrected chi connectivity index (χ0v) is 52.3. The first kappa shape index (κ1) is 77.6. The van der Waals surface area contributed by atoms with Gasteiger partial charge in [-0.2, -0.15) is 29.9 Å². The number of nitrogens with one attached hydrogen (secondary N) is 7. The molecule has 2 saturated heterocycles. The first-order chi connectivity index (χ1) is 43.6. The minimum absolute atomic E-state index is 0.000271. The smallest absolute Gasteiger partial charge is 0.475 e. The van der Waals surface area contributed by atoms with Gasteiger partial charge in [0.2, 0.25) is 35.5 Å². The Kier molecular flexibility index (Phi) is 34.6. The second-order valence-corrected chi connectivity index (χ2v) is 22.3. The molecule has 41 heteroatoms. The number of hydrogen-bond acceptors (Lipinski definition) is 23. The van der Waals surface area contributed by atoms with E-state index in [4.69, 9.17) is 69.1 Å². The largest absolute Gasteiger partial charge is 0.490 e. The Hall–Kier alpha value is -8.63. The topological polar surface area (TPSA) is 554 Å². The number of imidazole rings is 2. The predicted octanol–water partition coefficient (Wildman–Crippen LogP) is -1.56. The maximum atomic E-state index is 13.3. The van der Waals surface area contributed by atoms with Gasteiger partial charge in [0.25, 0.3) is 11.1 Å². The number of esters is 2. The number of aliphatic carboxylic acids is 1. The van der Waals surface area contributed by atoms with Crippen molar-refractivity contribution >= 4 is 129 Å². The number of primary amides is 2. The fraction of sp³-hybridized carbons (Fsp3) is 0.588. The van der Waals surface area contributed by atoms with Gasteiger partial charge in [-0.3, -0.25) is 57.7 Å². The number of guanidine groups is 1. The fourth-order valence-corrected chi connectivity index (χ4v) is 10.5. The number of thioether (sulfide) groups is 2. The lowest BCUT2D eigenvalue weighted by molar-refractivity contribution is -0.192. The van der Waals surface area contributed by atoms with Gasteiger partial charge in [-0.15, -0.1) is 23.4 Å². The van der Waals surface area contributed by atoms with Crippen LogP contribution in [-0.4, -0.2) is 197 Å². The Morgan fingerprint density at radius 1 is 0.826 bits per heavy atom. The molecule has 0 aromatic carbocycles. The first-order valence-corrected chi connectivity index (χ1v) is 31.0. The average molecular weight is 1370 g/mol. The predicted molar refractivity (Wildman–Crippen MR) is 331 cm³/mol. The normalized spacial score (nSPS) is 15.2. The number of carbonyl (C=O) groups excluding carboxylic acids is 8. The summed E-state index contributed by atoms with van der Waals surface area (Å²) < 4.78 is 55.5. The molecule has 4 aromatic heterocycles. The van der Waals surface area contributed by atoms with Gasteiger partial charge in [0.05, 0.1) is 49.2 Å². The van der Waals surface area contributed by atoms with E-state index in [9.17, 15) is 61.1 Å². The molecule has 92 heavy (non-hydrogen) atoms. The van der Waals surface area contributed by atoms with Gasteiger partial charge in [-0.05, 0) is 38.5 Å². The summed E-state index contributed by atoms with van der Waals surface area (Å²) >= 11 is 8.14. The van der Waals surface area contributed by atoms with Crippen LogP contribution in [0.4, 0.5) is 29.7 Å². The number of carboxylic acids is 1. The van der Waals surface area contributed by atoms with Crippen LogP contribution in [0.1, 0.15) is 77.6 Å². The summed E-state index contributed by atoms with van der Waals surface area (Å²) in [5.74, 6) is -5.34. The Bertz CT molecular complexity index is 3240. The number of aromatic amines is 2. The highest BCUT2D eigenvalue weighted by Crippen LogP contribution is 2.33. The number of aromatic nitrogens is 7. The maximum Gasteiger partial charge on any atom is 0.490 e. The third-order valence-corrected chi connectivity index (χ3v) is 15.3. The number of nitrogens with two attached hydrogens (primary N) is 6. The van der Waals surface area contributed by atoms with Crippen LogP contribution in [0, 0.1) is 0 Å². The zero-order valence-electron chi connectivity index (χ0n) is 49.9. The lowest BCUT2D eigenvalue weighted by atomic mass is 10.0. The maximum absolute atomic E-state index is 13.3. The molecule has 5 atom stereocenters. The Morgan fingerprint density at radius 2 is 1.45 bits per heavy atom. The van der Waals surface area contributed by atoms with E-state index in [-0.39, 0.29) is 141 Å². The van der Waals surface area contributed by atoms with Gasteiger partial charge in [-0.1, -0.05) is 19.8 Å². The molecule has 0 spiro atoms. The molecule has 0 radical (unpaired) electrons. The number of aliphatic imine (C=N–C) groups is 1. The number of ether oxygens (including phenoxy) is 4. The second kappa shape index (κ2) is 41.0. The number of pyridine rings is 1. The molecule has 1 unspecified atom stereocenters. The molecule has 0 bridgehead atoms. The number of carbonyl (C=O) groups is 9. The number of hydrogen-bond donors (Lipinski definition) is 14. The SMILES string of the molecule is CCC(N)=O.NC(=O)[C@H](CSCC(=O)OCCOCn1cnc2c(=O)[nH]c(N)cc21)NC(=O)C(CCCN=C(N)N)NC(=O)CCCCCNC(=O)CCCC[C@@H]1SC[C@@H]2NC(=O)N[C@@H]21.Nc1nc2c(ncn2COCCOC(=O)CCl)c(=O)[nH]1.O=C(O)C(F)(F)F. The minimum Gasteiger partial charge on any atom is -0.475 e. The van der Waals surface area contributed by atoms with Crippen molar-refractivity contribution in [1.82, 2.24) is 60.6 Å². The number of nitrogen functional groups attached to an aromatic ring is 2. The van der Waals surface area contributed by atoms with E-state index < -0.39 is 59.1 Å². The molecule has 512 valence electrons. The van der Waals surface area contributed by atoms with Gasteiger partial charge < -0.3 is 94.6 Å². The molecule has 6 rings (SSSR count). The van der Waals surface area contributed by atoms with Gasteiger partial charge in [0.1, 0.15) is 50.5 Å². The van der Waals surface area contributed by atoms with Crippen LogP contribution in [-0.2, 0) is 70.8 Å². The number of H-pyrrole nitrogens is 2. The van der Waals surface area contributed by atoms with Gasteiger partial charge in [-0.25, -0.2) is 19.6 Å². The number of fused-ring (bicyclic) bond motifs is 3. The molecular weight excluding hydrogens is 1290 g/mol. The van der Waals surface area contributed by atoms with Crippen LogP contribution >= 0.6 is 35.1 Å². The average Bonchev–Trinajstić information content (AvgIpc) is 1.70. The summed E-state index contributed by atoms with van der Waals surface area (Å²) in [5.41, 5.74) is 32.5. The van der Waals surface area contributed by atoms with Crippen LogP contribution in [0.5, 0.6) is 0 Å². The van der Waals surface area contributed by atoms with Crippen molar-refractivity contribution in [2.75, 3.05) is 74.1 Å². The van der Waals surface area contributed by atoms with E-state index in [1.807, 2.05) is 11.8 Å². The molecule has 2 aliphatic heterocycles. The van der Waals surface area contributed by atoms with E-state index in [2.05, 4.69) is 62.2 Å². The highest BCUT2D eigenvalue weighted by molar-refractivity contribution is 8.00. The van der Waals surface area contributed by atoms with Crippen molar-refractivity contribution in [1.29, 1.82) is 0 Å². The number of alkyl halides is 4. The molecule has 6 heterocycles. The number of nitrogens with zero attached hydrogens (tertiary/aromatic N) is 6. The molecule has 2 fully saturated rings. The minimum atomic E-state index is -5.08. The molecule has 35 nitrogen and oxygen atoms in total. The number of halogens is 4. The number of carboxylic acid groups (broad SMARTS) is 1. The van der Waals surface area contributed by atoms with Crippen LogP contribution in [0.15, 0.2) is 33.3 Å². The van der Waals surface area contributed by atoms with E-state index in [0.717, 1.165) is 36.8 Å². The van der Waals surface area contributed by atoms with Crippen molar-refractivity contribution in [2.45, 2.75) is 127 Å². The van der Waals surface area contributed by atoms with Crippen LogP contribution < -0.4 is 72.1 Å². The summed E-state index contributed by atoms with van der Waals surface area (Å²) in [4.78, 5) is 148. The van der Waals surface area contributed by atoms with E-state index in [1.165, 1.54) is 17.2 Å². The number of urea groups is 1. The number of unbranched alkanes of at least 4 members (excludes halogenated alkanes) is 3. The van der Waals surface area contributed by atoms with Gasteiger partial charge >= 0.3 is 30.1 Å². The van der Waals surface area contributed by atoms with Crippen molar-refractivity contribution in [3.05, 3.63) is 39.4 Å². The molecule has 0 saturated carbocycles. The third kappa shape index (κ3) is 29.5. The summed E-state index contributed by atoms with van der Waals surface area (Å²) in [5, 5.41) is 21.6. The highest BCUT2D eigenvalue weighted by Gasteiger charge is 2.42. The number of amides is 7. The summed E-state index contributed by atoms with van der Waals surface area (Å²) in [6.45, 7) is 2.82. The Balaban J connectivity index is 0.000000559. The lowest BCUT2D eigenvalue weighted by Gasteiger charge is -2.22. The number of anilines is 2. The molecule has 2 aliphatic rings. The summed E-state index contributed by atoms with van der Waals surface area (Å²) in [6, 6.07) is -0.358. The summed E-state index contributed by atoms with van der Waals surface area (Å²) in [6.07, 6.45) is 3.80. The third-order valence-electron chi connectivity index (χ3n) is 12.5. The molecule has 4 aromatic rings. The zero-order chi connectivity index (χ0) is 68.3. The van der Waals surface area contributed by atoms with Crippen LogP contribution in [0.3, 0.4) is 0 Å². The van der Waals surface area contributed by atoms with Crippen molar-refractivity contribution in [3.8, 4) is 0 Å². The van der Waals surface area contributed by atoms with E-state index in [0.29, 0.717) is 61.5 Å². The van der Waals surface area contributed by atoms with Crippen molar-refractivity contribution in [2.24, 2.45) is 27.9 Å². The fourth-order valence-electron chi connectivity index (χ4n) is 8.04. The summed E-state index contributed by atoms with van der Waals surface area (Å²) in [7, 11) is 0. The standard InChI is InChI=1S/C36H57N13O9S2.C10H12ClN5O4.C3H7NO.C2HF3O2/c37-26-15-24-31(34(55)47-26)43-19-49(24)20-57-13-14-58-29(52)18-59-16-23(32(38)53)45-33(54)21(7-6-12-42-35(39)40)44-28(51)10-2-1-5-11-41-27(50)9-4-3-8-25-30-22(17-60-25)46-36(56)48-30;11-3-6(17)20-2-1-19-5-16-4-13-7-8(16)14-10(12)15-9(7)18;1-2-3(4)5;3-2(4,5)1(6)7/h15,19,21-23,25,30H,1-14,16-18,20H2,(H2,38,53)(H,41,50)(H,44,51)(H,45,54)(H3,37,47,55)(H4,39,40,42)(H2,46,48,56);4H,1-3,5H2,(H3,12,14,15,18);2H2,1H3,(H2,4,5);(H,6,7)/t21?,22-,23-,25-,30-;;;/m0.../s1. The molecular formula is C51H77ClF3N19O16S2. The van der Waals surface area contributed by atoms with Crippen molar-refractivity contribution in [3.63, 3.8) is 0 Å². The molecule has 20 N–H and O–H groups in total. The highest BCUT2D eigenvalue weighted by atomic mass is 35.5. The molecule has 0 aliphatic carbocycles.